The predicted molar refractivity (Wildman–Crippen MR) is 64.2 cm³/mol. The first-order chi connectivity index (χ1) is 9.02. The predicted octanol–water partition coefficient (Wildman–Crippen LogP) is 2.23. The number of rotatable bonds is 3. The van der Waals surface area contributed by atoms with Gasteiger partial charge in [-0.15, -0.1) is 0 Å². The molecule has 0 aliphatic rings. The fourth-order valence-corrected chi connectivity index (χ4v) is 1.55. The average Bonchev–Trinajstić information content (AvgIpc) is 2.80. The largest absolute Gasteiger partial charge is 0.465 e. The van der Waals surface area contributed by atoms with E-state index in [1.165, 1.54) is 16.9 Å². The second kappa shape index (κ2) is 5.05. The van der Waals surface area contributed by atoms with Crippen LogP contribution >= 0.6 is 0 Å². The van der Waals surface area contributed by atoms with Crippen molar-refractivity contribution in [3.63, 3.8) is 0 Å². The number of aryl methyl sites for hydroxylation is 1. The van der Waals surface area contributed by atoms with Crippen LogP contribution in [0.1, 0.15) is 10.4 Å². The van der Waals surface area contributed by atoms with Crippen molar-refractivity contribution in [3.05, 3.63) is 41.7 Å². The van der Waals surface area contributed by atoms with E-state index < -0.39 is 23.2 Å². The molecule has 100 valence electrons. The number of methoxy groups -OCH3 is 1. The molecule has 1 heterocycles. The molecule has 0 fully saturated rings. The summed E-state index contributed by atoms with van der Waals surface area (Å²) in [6.45, 7) is 0. The van der Waals surface area contributed by atoms with Crippen LogP contribution in [0, 0.1) is 11.6 Å². The molecule has 2 aromatic rings. The molecule has 0 aliphatic heterocycles. The summed E-state index contributed by atoms with van der Waals surface area (Å²) in [5.41, 5.74) is -0.0264. The fourth-order valence-electron chi connectivity index (χ4n) is 1.55. The van der Waals surface area contributed by atoms with Gasteiger partial charge < -0.3 is 10.1 Å². The van der Waals surface area contributed by atoms with Gasteiger partial charge in [-0.25, -0.2) is 13.6 Å². The lowest BCUT2D eigenvalue weighted by Gasteiger charge is -2.08. The average molecular weight is 267 g/mol. The number of nitrogens with zero attached hydrogens (tertiary/aromatic N) is 2. The molecule has 0 radical (unpaired) electrons. The van der Waals surface area contributed by atoms with E-state index in [1.807, 2.05) is 0 Å². The summed E-state index contributed by atoms with van der Waals surface area (Å²) >= 11 is 0. The molecule has 0 bridgehead atoms. The number of aromatic nitrogens is 2. The second-order valence-corrected chi connectivity index (χ2v) is 3.81. The first-order valence-electron chi connectivity index (χ1n) is 5.35. The van der Waals surface area contributed by atoms with E-state index in [0.717, 1.165) is 13.2 Å². The minimum absolute atomic E-state index is 0.0850. The Labute approximate surface area is 107 Å². The molecule has 2 rings (SSSR count). The Kier molecular flexibility index (Phi) is 3.46. The molecule has 0 amide bonds. The molecule has 0 aliphatic carbocycles. The van der Waals surface area contributed by atoms with Crippen molar-refractivity contribution in [2.45, 2.75) is 0 Å². The van der Waals surface area contributed by atoms with Crippen molar-refractivity contribution in [1.82, 2.24) is 9.78 Å². The zero-order chi connectivity index (χ0) is 14.0. The van der Waals surface area contributed by atoms with Crippen molar-refractivity contribution in [3.8, 4) is 0 Å². The molecular formula is C12H11F2N3O2. The van der Waals surface area contributed by atoms with E-state index in [4.69, 9.17) is 0 Å². The highest BCUT2D eigenvalue weighted by atomic mass is 19.2. The number of esters is 1. The lowest BCUT2D eigenvalue weighted by atomic mass is 10.2. The summed E-state index contributed by atoms with van der Waals surface area (Å²) in [5.74, 6) is -3.32. The van der Waals surface area contributed by atoms with E-state index in [9.17, 15) is 13.6 Å². The summed E-state index contributed by atoms with van der Waals surface area (Å²) in [4.78, 5) is 11.2. The van der Waals surface area contributed by atoms with Crippen molar-refractivity contribution < 1.29 is 18.3 Å². The summed E-state index contributed by atoms with van der Waals surface area (Å²) in [6.07, 6.45) is 3.07. The van der Waals surface area contributed by atoms with Crippen molar-refractivity contribution >= 4 is 17.3 Å². The number of carbonyl (C=O) groups excluding carboxylic acids is 1. The molecule has 0 unspecified atom stereocenters. The van der Waals surface area contributed by atoms with Crippen LogP contribution in [-0.2, 0) is 11.8 Å². The van der Waals surface area contributed by atoms with Crippen LogP contribution < -0.4 is 5.32 Å². The van der Waals surface area contributed by atoms with E-state index in [2.05, 4.69) is 15.2 Å². The van der Waals surface area contributed by atoms with E-state index in [0.29, 0.717) is 5.69 Å². The molecule has 0 spiro atoms. The summed E-state index contributed by atoms with van der Waals surface area (Å²) in [5, 5.41) is 6.56. The van der Waals surface area contributed by atoms with Crippen LogP contribution in [0.4, 0.5) is 20.2 Å². The Morgan fingerprint density at radius 3 is 2.68 bits per heavy atom. The number of nitrogens with one attached hydrogen (secondary N) is 1. The molecular weight excluding hydrogens is 256 g/mol. The summed E-state index contributed by atoms with van der Waals surface area (Å²) < 4.78 is 33.3. The number of carbonyl (C=O) groups is 1. The molecule has 1 N–H and O–H groups in total. The van der Waals surface area contributed by atoms with Gasteiger partial charge in [0.25, 0.3) is 0 Å². The number of hydrogen-bond donors (Lipinski definition) is 1. The molecule has 0 saturated heterocycles. The molecule has 1 aromatic carbocycles. The SMILES string of the molecule is COC(=O)c1ccc(Nc2cnn(C)c2)c(F)c1F. The van der Waals surface area contributed by atoms with Gasteiger partial charge in [0.15, 0.2) is 11.6 Å². The van der Waals surface area contributed by atoms with Crippen LogP contribution in [0.2, 0.25) is 0 Å². The maximum absolute atomic E-state index is 13.8. The monoisotopic (exact) mass is 267 g/mol. The Morgan fingerprint density at radius 2 is 2.11 bits per heavy atom. The topological polar surface area (TPSA) is 56.1 Å². The molecule has 1 aromatic heterocycles. The maximum Gasteiger partial charge on any atom is 0.340 e. The van der Waals surface area contributed by atoms with Crippen LogP contribution in [-0.4, -0.2) is 22.9 Å². The molecule has 7 heteroatoms. The Balaban J connectivity index is 2.33. The molecule has 5 nitrogen and oxygen atoms in total. The fraction of sp³-hybridized carbons (Fsp3) is 0.167. The first kappa shape index (κ1) is 13.0. The number of benzene rings is 1. The van der Waals surface area contributed by atoms with Crippen LogP contribution in [0.15, 0.2) is 24.5 Å². The Morgan fingerprint density at radius 1 is 1.37 bits per heavy atom. The van der Waals surface area contributed by atoms with Crippen LogP contribution in [0.25, 0.3) is 0 Å². The van der Waals surface area contributed by atoms with Crippen LogP contribution in [0.3, 0.4) is 0 Å². The zero-order valence-corrected chi connectivity index (χ0v) is 10.3. The van der Waals surface area contributed by atoms with Crippen molar-refractivity contribution in [1.29, 1.82) is 0 Å². The molecule has 0 atom stereocenters. The van der Waals surface area contributed by atoms with Crippen molar-refractivity contribution in [2.24, 2.45) is 7.05 Å². The van der Waals surface area contributed by atoms with Gasteiger partial charge in [-0.2, -0.15) is 5.10 Å². The smallest absolute Gasteiger partial charge is 0.340 e. The minimum atomic E-state index is -1.25. The van der Waals surface area contributed by atoms with E-state index in [-0.39, 0.29) is 5.69 Å². The van der Waals surface area contributed by atoms with Crippen LogP contribution in [0.5, 0.6) is 0 Å². The zero-order valence-electron chi connectivity index (χ0n) is 10.3. The number of anilines is 2. The normalized spacial score (nSPS) is 10.3. The highest BCUT2D eigenvalue weighted by molar-refractivity contribution is 5.90. The molecule has 19 heavy (non-hydrogen) atoms. The number of hydrogen-bond acceptors (Lipinski definition) is 4. The van der Waals surface area contributed by atoms with E-state index in [1.54, 1.807) is 13.2 Å². The van der Waals surface area contributed by atoms with Gasteiger partial charge in [0.1, 0.15) is 0 Å². The van der Waals surface area contributed by atoms with Gasteiger partial charge in [-0.1, -0.05) is 0 Å². The van der Waals surface area contributed by atoms with Gasteiger partial charge in [-0.05, 0) is 12.1 Å². The second-order valence-electron chi connectivity index (χ2n) is 3.81. The van der Waals surface area contributed by atoms with E-state index >= 15 is 0 Å². The van der Waals surface area contributed by atoms with Gasteiger partial charge >= 0.3 is 5.97 Å². The third kappa shape index (κ3) is 2.54. The Bertz CT molecular complexity index is 625. The van der Waals surface area contributed by atoms with Gasteiger partial charge in [0.2, 0.25) is 0 Å². The van der Waals surface area contributed by atoms with Gasteiger partial charge in [0, 0.05) is 13.2 Å². The molecule has 0 saturated carbocycles. The third-order valence-corrected chi connectivity index (χ3v) is 2.47. The maximum atomic E-state index is 13.8. The summed E-state index contributed by atoms with van der Waals surface area (Å²) in [6, 6.07) is 2.42. The highest BCUT2D eigenvalue weighted by Gasteiger charge is 2.19. The van der Waals surface area contributed by atoms with Crippen molar-refractivity contribution in [2.75, 3.05) is 12.4 Å². The standard InChI is InChI=1S/C12H11F2N3O2/c1-17-6-7(5-15-17)16-9-4-3-8(12(18)19-2)10(13)11(9)14/h3-6,16H,1-2H3. The number of halogens is 2. The third-order valence-electron chi connectivity index (χ3n) is 2.47. The minimum Gasteiger partial charge on any atom is -0.465 e. The number of ether oxygens (including phenoxy) is 1. The highest BCUT2D eigenvalue weighted by Crippen LogP contribution is 2.24. The van der Waals surface area contributed by atoms with Gasteiger partial charge in [-0.3, -0.25) is 4.68 Å². The Hall–Kier alpha value is -2.44. The first-order valence-corrected chi connectivity index (χ1v) is 5.35. The lowest BCUT2D eigenvalue weighted by Crippen LogP contribution is -2.07. The van der Waals surface area contributed by atoms with Gasteiger partial charge in [0.05, 0.1) is 30.2 Å². The summed E-state index contributed by atoms with van der Waals surface area (Å²) in [7, 11) is 2.80. The lowest BCUT2D eigenvalue weighted by molar-refractivity contribution is 0.0594. The quantitative estimate of drug-likeness (QED) is 0.866.